The van der Waals surface area contributed by atoms with Gasteiger partial charge < -0.3 is 4.90 Å². The lowest BCUT2D eigenvalue weighted by Gasteiger charge is -2.29. The first-order chi connectivity index (χ1) is 8.92. The predicted molar refractivity (Wildman–Crippen MR) is 81.1 cm³/mol. The highest BCUT2D eigenvalue weighted by Gasteiger charge is 2.26. The molecule has 1 aliphatic rings. The van der Waals surface area contributed by atoms with Crippen LogP contribution in [0.25, 0.3) is 0 Å². The third-order valence-electron chi connectivity index (χ3n) is 3.54. The van der Waals surface area contributed by atoms with Crippen molar-refractivity contribution in [1.82, 2.24) is 9.80 Å². The van der Waals surface area contributed by atoms with Crippen LogP contribution in [0, 0.1) is 17.8 Å². The van der Waals surface area contributed by atoms with Crippen molar-refractivity contribution in [3.63, 3.8) is 0 Å². The maximum Gasteiger partial charge on any atom is 0.236 e. The molecule has 1 fully saturated rings. The molecule has 0 heterocycles. The van der Waals surface area contributed by atoms with Crippen molar-refractivity contribution in [2.45, 2.75) is 47.5 Å². The topological polar surface area (TPSA) is 23.6 Å². The number of rotatable bonds is 9. The van der Waals surface area contributed by atoms with E-state index in [1.807, 2.05) is 0 Å². The number of carbonyl (C=O) groups excluding carboxylic acids is 1. The van der Waals surface area contributed by atoms with E-state index in [0.717, 1.165) is 32.1 Å². The minimum absolute atomic E-state index is 0.310. The smallest absolute Gasteiger partial charge is 0.236 e. The normalized spacial score (nSPS) is 15.6. The van der Waals surface area contributed by atoms with E-state index in [0.29, 0.717) is 24.3 Å². The van der Waals surface area contributed by atoms with E-state index in [2.05, 4.69) is 44.4 Å². The van der Waals surface area contributed by atoms with Crippen molar-refractivity contribution in [3.8, 4) is 0 Å². The molecule has 0 N–H and O–H groups in total. The van der Waals surface area contributed by atoms with Gasteiger partial charge in [0.15, 0.2) is 0 Å². The molecule has 0 aromatic carbocycles. The number of amides is 1. The molecule has 0 spiro atoms. The van der Waals surface area contributed by atoms with Crippen molar-refractivity contribution >= 4 is 5.91 Å². The van der Waals surface area contributed by atoms with Crippen LogP contribution < -0.4 is 0 Å². The van der Waals surface area contributed by atoms with Gasteiger partial charge in [-0.3, -0.25) is 9.69 Å². The molecule has 1 saturated carbocycles. The van der Waals surface area contributed by atoms with E-state index in [9.17, 15) is 4.79 Å². The van der Waals surface area contributed by atoms with E-state index in [1.54, 1.807) is 0 Å². The van der Waals surface area contributed by atoms with E-state index in [-0.39, 0.29) is 0 Å². The van der Waals surface area contributed by atoms with Gasteiger partial charge in [-0.15, -0.1) is 0 Å². The fraction of sp³-hybridized carbons (Fsp3) is 0.938. The summed E-state index contributed by atoms with van der Waals surface area (Å²) in [5, 5.41) is 0. The Kier molecular flexibility index (Phi) is 6.84. The molecule has 0 aliphatic heterocycles. The van der Waals surface area contributed by atoms with Crippen LogP contribution >= 0.6 is 0 Å². The van der Waals surface area contributed by atoms with Gasteiger partial charge in [0.2, 0.25) is 5.91 Å². The van der Waals surface area contributed by atoms with Crippen molar-refractivity contribution in [2.75, 3.05) is 32.7 Å². The van der Waals surface area contributed by atoms with Crippen LogP contribution in [0.4, 0.5) is 0 Å². The van der Waals surface area contributed by atoms with Crippen molar-refractivity contribution < 1.29 is 4.79 Å². The summed E-state index contributed by atoms with van der Waals surface area (Å²) in [5.41, 5.74) is 0. The lowest BCUT2D eigenvalue weighted by molar-refractivity contribution is -0.133. The summed E-state index contributed by atoms with van der Waals surface area (Å²) in [7, 11) is 0. The first kappa shape index (κ1) is 16.5. The third-order valence-corrected chi connectivity index (χ3v) is 3.54. The van der Waals surface area contributed by atoms with E-state index in [1.165, 1.54) is 12.8 Å². The largest absolute Gasteiger partial charge is 0.341 e. The molecule has 0 aromatic heterocycles. The highest BCUT2D eigenvalue weighted by Crippen LogP contribution is 2.29. The maximum atomic E-state index is 12.5. The van der Waals surface area contributed by atoms with Crippen LogP contribution in [0.1, 0.15) is 47.5 Å². The van der Waals surface area contributed by atoms with Crippen molar-refractivity contribution in [3.05, 3.63) is 0 Å². The fourth-order valence-corrected chi connectivity index (χ4v) is 2.42. The average Bonchev–Trinajstić information content (AvgIpc) is 3.09. The molecule has 3 nitrogen and oxygen atoms in total. The van der Waals surface area contributed by atoms with Gasteiger partial charge in [0, 0.05) is 19.6 Å². The molecular weight excluding hydrogens is 236 g/mol. The molecule has 0 aromatic rings. The molecule has 0 radical (unpaired) electrons. The number of nitrogens with zero attached hydrogens (tertiary/aromatic N) is 2. The zero-order chi connectivity index (χ0) is 14.4. The van der Waals surface area contributed by atoms with Crippen LogP contribution in [-0.2, 0) is 4.79 Å². The monoisotopic (exact) mass is 268 g/mol. The van der Waals surface area contributed by atoms with Crippen LogP contribution in [0.5, 0.6) is 0 Å². The predicted octanol–water partition coefficient (Wildman–Crippen LogP) is 2.86. The lowest BCUT2D eigenvalue weighted by atomic mass is 10.1. The van der Waals surface area contributed by atoms with E-state index in [4.69, 9.17) is 0 Å². The van der Waals surface area contributed by atoms with Crippen LogP contribution in [0.2, 0.25) is 0 Å². The van der Waals surface area contributed by atoms with Gasteiger partial charge in [0.25, 0.3) is 0 Å². The van der Waals surface area contributed by atoms with Crippen LogP contribution in [-0.4, -0.2) is 48.4 Å². The second-order valence-corrected chi connectivity index (χ2v) is 6.86. The molecule has 112 valence electrons. The van der Waals surface area contributed by atoms with Gasteiger partial charge in [-0.05, 0) is 37.1 Å². The fourth-order valence-electron chi connectivity index (χ4n) is 2.42. The Morgan fingerprint density at radius 2 is 1.63 bits per heavy atom. The van der Waals surface area contributed by atoms with E-state index >= 15 is 0 Å². The Bertz CT molecular complexity index is 262. The maximum absolute atomic E-state index is 12.5. The number of hydrogen-bond donors (Lipinski definition) is 0. The molecule has 0 unspecified atom stereocenters. The summed E-state index contributed by atoms with van der Waals surface area (Å²) in [6.45, 7) is 15.4. The molecule has 1 aliphatic carbocycles. The summed E-state index contributed by atoms with van der Waals surface area (Å²) < 4.78 is 0. The summed E-state index contributed by atoms with van der Waals surface area (Å²) in [5.74, 6) is 2.25. The molecule has 0 atom stereocenters. The molecular formula is C16H32N2O. The van der Waals surface area contributed by atoms with Crippen molar-refractivity contribution in [1.29, 1.82) is 0 Å². The zero-order valence-electron chi connectivity index (χ0n) is 13.5. The second kappa shape index (κ2) is 7.88. The standard InChI is InChI=1S/C16H32N2O/c1-6-17(11-15-7-8-15)12-16(19)18(9-13(2)3)10-14(4)5/h13-15H,6-12H2,1-5H3. The Morgan fingerprint density at radius 3 is 2.00 bits per heavy atom. The minimum Gasteiger partial charge on any atom is -0.341 e. The zero-order valence-corrected chi connectivity index (χ0v) is 13.5. The van der Waals surface area contributed by atoms with Gasteiger partial charge in [0.1, 0.15) is 0 Å². The third kappa shape index (κ3) is 6.95. The summed E-state index contributed by atoms with van der Waals surface area (Å²) in [6, 6.07) is 0. The average molecular weight is 268 g/mol. The lowest BCUT2D eigenvalue weighted by Crippen LogP contribution is -2.44. The van der Waals surface area contributed by atoms with Crippen molar-refractivity contribution in [2.24, 2.45) is 17.8 Å². The summed E-state index contributed by atoms with van der Waals surface area (Å²) in [6.07, 6.45) is 2.71. The Morgan fingerprint density at radius 1 is 1.11 bits per heavy atom. The SMILES string of the molecule is CCN(CC(=O)N(CC(C)C)CC(C)C)CC1CC1. The molecule has 1 rings (SSSR count). The number of hydrogen-bond acceptors (Lipinski definition) is 2. The highest BCUT2D eigenvalue weighted by molar-refractivity contribution is 5.78. The molecule has 0 saturated heterocycles. The summed E-state index contributed by atoms with van der Waals surface area (Å²) >= 11 is 0. The molecule has 19 heavy (non-hydrogen) atoms. The summed E-state index contributed by atoms with van der Waals surface area (Å²) in [4.78, 5) is 16.8. The van der Waals surface area contributed by atoms with Gasteiger partial charge >= 0.3 is 0 Å². The highest BCUT2D eigenvalue weighted by atomic mass is 16.2. The Balaban J connectivity index is 2.47. The van der Waals surface area contributed by atoms with Gasteiger partial charge in [-0.25, -0.2) is 0 Å². The van der Waals surface area contributed by atoms with Gasteiger partial charge in [-0.2, -0.15) is 0 Å². The molecule has 3 heteroatoms. The first-order valence-electron chi connectivity index (χ1n) is 7.92. The molecule has 0 bridgehead atoms. The quantitative estimate of drug-likeness (QED) is 0.642. The first-order valence-corrected chi connectivity index (χ1v) is 7.92. The van der Waals surface area contributed by atoms with Gasteiger partial charge in [0.05, 0.1) is 6.54 Å². The second-order valence-electron chi connectivity index (χ2n) is 6.86. The Labute approximate surface area is 119 Å². The number of likely N-dealkylation sites (N-methyl/N-ethyl adjacent to an activating group) is 1. The molecule has 1 amide bonds. The van der Waals surface area contributed by atoms with E-state index < -0.39 is 0 Å². The van der Waals surface area contributed by atoms with Crippen LogP contribution in [0.15, 0.2) is 0 Å². The van der Waals surface area contributed by atoms with Crippen LogP contribution in [0.3, 0.4) is 0 Å². The van der Waals surface area contributed by atoms with Gasteiger partial charge in [-0.1, -0.05) is 34.6 Å². The Hall–Kier alpha value is -0.570. The minimum atomic E-state index is 0.310. The number of carbonyl (C=O) groups is 1.